The standard InChI is InChI=1S/C14H13N3O4/c1-15-14(19)11-4-7-13(18)16(9-11)8-10-2-5-12(6-3-10)17(20)21/h2-7,9H,8H2,1H3,(H,15,19). The molecular weight excluding hydrogens is 274 g/mol. The molecule has 0 aliphatic heterocycles. The lowest BCUT2D eigenvalue weighted by atomic mass is 10.2. The average Bonchev–Trinajstić information content (AvgIpc) is 2.49. The molecule has 0 fully saturated rings. The molecule has 1 N–H and O–H groups in total. The molecule has 0 saturated heterocycles. The Morgan fingerprint density at radius 2 is 1.90 bits per heavy atom. The number of nitrogens with one attached hydrogen (secondary N) is 1. The van der Waals surface area contributed by atoms with Crippen LogP contribution >= 0.6 is 0 Å². The SMILES string of the molecule is CNC(=O)c1ccc(=O)n(Cc2ccc([N+](=O)[O-])cc2)c1. The minimum Gasteiger partial charge on any atom is -0.355 e. The predicted molar refractivity (Wildman–Crippen MR) is 76.3 cm³/mol. The number of rotatable bonds is 4. The average molecular weight is 287 g/mol. The lowest BCUT2D eigenvalue weighted by Crippen LogP contribution is -2.24. The number of carbonyl (C=O) groups is 1. The van der Waals surface area contributed by atoms with E-state index in [1.165, 1.54) is 42.1 Å². The van der Waals surface area contributed by atoms with Gasteiger partial charge in [-0.2, -0.15) is 0 Å². The molecule has 7 heteroatoms. The molecule has 0 saturated carbocycles. The second-order valence-corrected chi connectivity index (χ2v) is 4.39. The molecule has 0 radical (unpaired) electrons. The van der Waals surface area contributed by atoms with Crippen LogP contribution in [0, 0.1) is 10.1 Å². The first-order chi connectivity index (χ1) is 10.0. The van der Waals surface area contributed by atoms with Crippen LogP contribution in [0.3, 0.4) is 0 Å². The summed E-state index contributed by atoms with van der Waals surface area (Å²) in [5.41, 5.74) is 0.849. The normalized spacial score (nSPS) is 10.1. The van der Waals surface area contributed by atoms with Gasteiger partial charge < -0.3 is 9.88 Å². The van der Waals surface area contributed by atoms with E-state index in [4.69, 9.17) is 0 Å². The Labute approximate surface area is 120 Å². The van der Waals surface area contributed by atoms with Crippen molar-refractivity contribution in [1.82, 2.24) is 9.88 Å². The van der Waals surface area contributed by atoms with Crippen molar-refractivity contribution in [2.24, 2.45) is 0 Å². The lowest BCUT2D eigenvalue weighted by Gasteiger charge is -2.07. The van der Waals surface area contributed by atoms with E-state index < -0.39 is 4.92 Å². The summed E-state index contributed by atoms with van der Waals surface area (Å²) in [7, 11) is 1.51. The third-order valence-corrected chi connectivity index (χ3v) is 2.97. The molecule has 0 aliphatic rings. The molecule has 0 spiro atoms. The number of non-ortho nitro benzene ring substituents is 1. The van der Waals surface area contributed by atoms with Crippen molar-refractivity contribution in [3.63, 3.8) is 0 Å². The summed E-state index contributed by atoms with van der Waals surface area (Å²) in [6.45, 7) is 0.238. The summed E-state index contributed by atoms with van der Waals surface area (Å²) in [5, 5.41) is 13.1. The maximum absolute atomic E-state index is 11.8. The smallest absolute Gasteiger partial charge is 0.269 e. The van der Waals surface area contributed by atoms with E-state index in [2.05, 4.69) is 5.32 Å². The zero-order valence-electron chi connectivity index (χ0n) is 11.3. The first-order valence-electron chi connectivity index (χ1n) is 6.17. The summed E-state index contributed by atoms with van der Waals surface area (Å²) in [6.07, 6.45) is 1.46. The zero-order valence-corrected chi connectivity index (χ0v) is 11.3. The number of hydrogen-bond donors (Lipinski definition) is 1. The predicted octanol–water partition coefficient (Wildman–Crippen LogP) is 1.16. The van der Waals surface area contributed by atoms with E-state index >= 15 is 0 Å². The molecule has 1 heterocycles. The Balaban J connectivity index is 2.28. The molecule has 21 heavy (non-hydrogen) atoms. The van der Waals surface area contributed by atoms with Gasteiger partial charge in [-0.1, -0.05) is 12.1 Å². The molecule has 1 aromatic carbocycles. The van der Waals surface area contributed by atoms with Gasteiger partial charge >= 0.3 is 0 Å². The van der Waals surface area contributed by atoms with Crippen LogP contribution in [0.1, 0.15) is 15.9 Å². The Bertz CT molecular complexity index is 735. The number of carbonyl (C=O) groups excluding carboxylic acids is 1. The lowest BCUT2D eigenvalue weighted by molar-refractivity contribution is -0.384. The quantitative estimate of drug-likeness (QED) is 0.674. The van der Waals surface area contributed by atoms with Crippen LogP contribution in [0.25, 0.3) is 0 Å². The van der Waals surface area contributed by atoms with E-state index in [0.29, 0.717) is 5.56 Å². The fourth-order valence-electron chi connectivity index (χ4n) is 1.85. The van der Waals surface area contributed by atoms with Crippen molar-refractivity contribution in [2.45, 2.75) is 6.54 Å². The molecule has 7 nitrogen and oxygen atoms in total. The third-order valence-electron chi connectivity index (χ3n) is 2.97. The Morgan fingerprint density at radius 3 is 2.48 bits per heavy atom. The molecule has 0 aliphatic carbocycles. The van der Waals surface area contributed by atoms with Gasteiger partial charge in [-0.25, -0.2) is 0 Å². The first kappa shape index (κ1) is 14.4. The highest BCUT2D eigenvalue weighted by molar-refractivity contribution is 5.93. The van der Waals surface area contributed by atoms with Gasteiger partial charge in [0.1, 0.15) is 0 Å². The molecule has 0 atom stereocenters. The number of nitro groups is 1. The van der Waals surface area contributed by atoms with Gasteiger partial charge in [0.05, 0.1) is 17.0 Å². The third kappa shape index (κ3) is 3.33. The van der Waals surface area contributed by atoms with Gasteiger partial charge in [-0.05, 0) is 11.6 Å². The Hall–Kier alpha value is -2.96. The molecule has 1 aromatic heterocycles. The monoisotopic (exact) mass is 287 g/mol. The second kappa shape index (κ2) is 6.00. The fourth-order valence-corrected chi connectivity index (χ4v) is 1.85. The van der Waals surface area contributed by atoms with Crippen LogP contribution in [0.15, 0.2) is 47.4 Å². The van der Waals surface area contributed by atoms with Crippen molar-refractivity contribution < 1.29 is 9.72 Å². The van der Waals surface area contributed by atoms with Gasteiger partial charge in [0, 0.05) is 31.4 Å². The van der Waals surface area contributed by atoms with Crippen molar-refractivity contribution in [1.29, 1.82) is 0 Å². The van der Waals surface area contributed by atoms with Crippen LogP contribution < -0.4 is 10.9 Å². The van der Waals surface area contributed by atoms with E-state index in [-0.39, 0.29) is 23.7 Å². The maximum atomic E-state index is 11.8. The number of pyridine rings is 1. The number of nitrogens with zero attached hydrogens (tertiary/aromatic N) is 2. The Morgan fingerprint density at radius 1 is 1.24 bits per heavy atom. The summed E-state index contributed by atoms with van der Waals surface area (Å²) in [5.74, 6) is -0.285. The van der Waals surface area contributed by atoms with Crippen molar-refractivity contribution in [3.8, 4) is 0 Å². The number of aromatic nitrogens is 1. The molecule has 0 bridgehead atoms. The van der Waals surface area contributed by atoms with Gasteiger partial charge in [-0.15, -0.1) is 0 Å². The minimum atomic E-state index is -0.484. The van der Waals surface area contributed by atoms with Gasteiger partial charge in [0.25, 0.3) is 17.2 Å². The highest BCUT2D eigenvalue weighted by atomic mass is 16.6. The van der Waals surface area contributed by atoms with Gasteiger partial charge in [0.15, 0.2) is 0 Å². The summed E-state index contributed by atoms with van der Waals surface area (Å²) in [4.78, 5) is 33.4. The number of hydrogen-bond acceptors (Lipinski definition) is 4. The first-order valence-corrected chi connectivity index (χ1v) is 6.17. The highest BCUT2D eigenvalue weighted by Crippen LogP contribution is 2.12. The Kier molecular flexibility index (Phi) is 4.13. The van der Waals surface area contributed by atoms with E-state index in [0.717, 1.165) is 5.56 Å². The van der Waals surface area contributed by atoms with Crippen LogP contribution in [0.5, 0.6) is 0 Å². The zero-order chi connectivity index (χ0) is 15.4. The molecule has 1 amide bonds. The summed E-state index contributed by atoms with van der Waals surface area (Å²) in [6, 6.07) is 8.68. The number of benzene rings is 1. The van der Waals surface area contributed by atoms with Gasteiger partial charge in [-0.3, -0.25) is 19.7 Å². The largest absolute Gasteiger partial charge is 0.355 e. The van der Waals surface area contributed by atoms with Crippen molar-refractivity contribution >= 4 is 11.6 Å². The minimum absolute atomic E-state index is 0.00907. The molecular formula is C14H13N3O4. The van der Waals surface area contributed by atoms with E-state index in [1.54, 1.807) is 12.1 Å². The molecule has 2 rings (SSSR count). The number of nitro benzene ring substituents is 1. The van der Waals surface area contributed by atoms with Crippen molar-refractivity contribution in [2.75, 3.05) is 7.05 Å². The second-order valence-electron chi connectivity index (χ2n) is 4.39. The highest BCUT2D eigenvalue weighted by Gasteiger charge is 2.07. The summed E-state index contributed by atoms with van der Waals surface area (Å²) < 4.78 is 1.38. The summed E-state index contributed by atoms with van der Waals surface area (Å²) >= 11 is 0. The van der Waals surface area contributed by atoms with Gasteiger partial charge in [0.2, 0.25) is 0 Å². The topological polar surface area (TPSA) is 94.2 Å². The number of amides is 1. The van der Waals surface area contributed by atoms with Crippen LogP contribution in [-0.2, 0) is 6.54 Å². The molecule has 0 unspecified atom stereocenters. The van der Waals surface area contributed by atoms with Crippen LogP contribution in [-0.4, -0.2) is 22.4 Å². The molecule has 2 aromatic rings. The van der Waals surface area contributed by atoms with Crippen LogP contribution in [0.2, 0.25) is 0 Å². The van der Waals surface area contributed by atoms with Crippen LogP contribution in [0.4, 0.5) is 5.69 Å². The van der Waals surface area contributed by atoms with Crippen molar-refractivity contribution in [3.05, 3.63) is 74.2 Å². The van der Waals surface area contributed by atoms with E-state index in [1.807, 2.05) is 0 Å². The molecule has 108 valence electrons. The van der Waals surface area contributed by atoms with E-state index in [9.17, 15) is 19.7 Å². The maximum Gasteiger partial charge on any atom is 0.269 e. The fraction of sp³-hybridized carbons (Fsp3) is 0.143.